The summed E-state index contributed by atoms with van der Waals surface area (Å²) in [5.74, 6) is -0.178. The third kappa shape index (κ3) is 5.48. The molecule has 0 aliphatic heterocycles. The molecule has 0 heterocycles. The summed E-state index contributed by atoms with van der Waals surface area (Å²) in [6.07, 6.45) is 0.801. The van der Waals surface area contributed by atoms with E-state index in [1.54, 1.807) is 41.3 Å². The average Bonchev–Trinajstić information content (AvgIpc) is 2.62. The first kappa shape index (κ1) is 20.3. The fourth-order valence-corrected chi connectivity index (χ4v) is 3.12. The number of rotatable bonds is 7. The number of anilines is 1. The van der Waals surface area contributed by atoms with Gasteiger partial charge in [0.05, 0.1) is 0 Å². The molecule has 2 rings (SSSR count). The Morgan fingerprint density at radius 3 is 2.42 bits per heavy atom. The van der Waals surface area contributed by atoms with Crippen LogP contribution in [-0.2, 0) is 11.2 Å². The highest BCUT2D eigenvalue weighted by Crippen LogP contribution is 2.22. The molecule has 0 unspecified atom stereocenters. The highest BCUT2D eigenvalue weighted by molar-refractivity contribution is 6.35. The third-order valence-electron chi connectivity index (χ3n) is 4.08. The van der Waals surface area contributed by atoms with Crippen molar-refractivity contribution in [1.29, 1.82) is 0 Å². The molecule has 0 atom stereocenters. The second-order valence-electron chi connectivity index (χ2n) is 5.84. The first-order valence-corrected chi connectivity index (χ1v) is 9.33. The van der Waals surface area contributed by atoms with Gasteiger partial charge in [0.1, 0.15) is 0 Å². The fourth-order valence-electron chi connectivity index (χ4n) is 2.62. The van der Waals surface area contributed by atoms with E-state index < -0.39 is 0 Å². The van der Waals surface area contributed by atoms with Crippen molar-refractivity contribution in [2.75, 3.05) is 18.4 Å². The van der Waals surface area contributed by atoms with E-state index in [0.29, 0.717) is 40.8 Å². The normalized spacial score (nSPS) is 10.5. The molecular weight excluding hydrogens is 371 g/mol. The number of benzene rings is 2. The van der Waals surface area contributed by atoms with E-state index in [4.69, 9.17) is 23.2 Å². The quantitative estimate of drug-likeness (QED) is 0.716. The highest BCUT2D eigenvalue weighted by Gasteiger charge is 2.13. The van der Waals surface area contributed by atoms with Crippen LogP contribution in [-0.4, -0.2) is 29.8 Å². The van der Waals surface area contributed by atoms with Gasteiger partial charge in [-0.05, 0) is 56.2 Å². The number of nitrogens with zero attached hydrogens (tertiary/aromatic N) is 1. The molecule has 0 spiro atoms. The zero-order chi connectivity index (χ0) is 19.1. The van der Waals surface area contributed by atoms with Crippen molar-refractivity contribution in [2.45, 2.75) is 26.7 Å². The lowest BCUT2D eigenvalue weighted by Gasteiger charge is -2.19. The molecule has 2 aromatic carbocycles. The Balaban J connectivity index is 1.98. The summed E-state index contributed by atoms with van der Waals surface area (Å²) in [4.78, 5) is 26.4. The maximum absolute atomic E-state index is 12.4. The van der Waals surface area contributed by atoms with Crippen LogP contribution < -0.4 is 5.32 Å². The molecular formula is C20H22Cl2N2O2. The Kier molecular flexibility index (Phi) is 7.49. The number of hydrogen-bond donors (Lipinski definition) is 1. The van der Waals surface area contributed by atoms with Crippen molar-refractivity contribution in [1.82, 2.24) is 4.90 Å². The van der Waals surface area contributed by atoms with Crippen molar-refractivity contribution in [3.05, 3.63) is 63.6 Å². The Labute approximate surface area is 164 Å². The number of amides is 2. The van der Waals surface area contributed by atoms with E-state index in [2.05, 4.69) is 5.32 Å². The summed E-state index contributed by atoms with van der Waals surface area (Å²) in [5, 5.41) is 3.95. The Bertz CT molecular complexity index is 789. The zero-order valence-electron chi connectivity index (χ0n) is 14.9. The molecule has 0 saturated heterocycles. The number of nitrogens with one attached hydrogen (secondary N) is 1. The van der Waals surface area contributed by atoms with Gasteiger partial charge in [0, 0.05) is 40.8 Å². The molecule has 26 heavy (non-hydrogen) atoms. The smallest absolute Gasteiger partial charge is 0.253 e. The second kappa shape index (κ2) is 9.60. The summed E-state index contributed by atoms with van der Waals surface area (Å²) in [6.45, 7) is 5.17. The number of carbonyl (C=O) groups excluding carboxylic acids is 2. The maximum Gasteiger partial charge on any atom is 0.253 e. The van der Waals surface area contributed by atoms with E-state index in [1.807, 2.05) is 19.9 Å². The molecule has 138 valence electrons. The Morgan fingerprint density at radius 1 is 1.04 bits per heavy atom. The van der Waals surface area contributed by atoms with E-state index in [-0.39, 0.29) is 18.2 Å². The lowest BCUT2D eigenvalue weighted by Crippen LogP contribution is -2.30. The Morgan fingerprint density at radius 2 is 1.77 bits per heavy atom. The summed E-state index contributed by atoms with van der Waals surface area (Å²) in [6, 6.07) is 12.2. The molecule has 2 aromatic rings. The number of carbonyl (C=O) groups is 2. The number of hydrogen-bond acceptors (Lipinski definition) is 2. The van der Waals surface area contributed by atoms with Gasteiger partial charge in [-0.1, -0.05) is 35.3 Å². The summed E-state index contributed by atoms with van der Waals surface area (Å²) < 4.78 is 0. The first-order chi connectivity index (χ1) is 12.4. The Hall–Kier alpha value is -2.04. The van der Waals surface area contributed by atoms with Crippen LogP contribution in [0.4, 0.5) is 5.69 Å². The molecule has 0 aliphatic carbocycles. The summed E-state index contributed by atoms with van der Waals surface area (Å²) in [5.41, 5.74) is 2.04. The predicted molar refractivity (Wildman–Crippen MR) is 107 cm³/mol. The van der Waals surface area contributed by atoms with Crippen LogP contribution in [0, 0.1) is 0 Å². The summed E-state index contributed by atoms with van der Waals surface area (Å²) >= 11 is 12.0. The van der Waals surface area contributed by atoms with E-state index in [1.165, 1.54) is 0 Å². The van der Waals surface area contributed by atoms with Gasteiger partial charge in [-0.25, -0.2) is 0 Å². The van der Waals surface area contributed by atoms with Crippen LogP contribution in [0.1, 0.15) is 36.2 Å². The molecule has 0 aromatic heterocycles. The van der Waals surface area contributed by atoms with Crippen molar-refractivity contribution in [3.8, 4) is 0 Å². The molecule has 1 N–H and O–H groups in total. The van der Waals surface area contributed by atoms with Gasteiger partial charge >= 0.3 is 0 Å². The van der Waals surface area contributed by atoms with Crippen LogP contribution >= 0.6 is 23.2 Å². The van der Waals surface area contributed by atoms with Gasteiger partial charge in [0.2, 0.25) is 5.91 Å². The monoisotopic (exact) mass is 392 g/mol. The van der Waals surface area contributed by atoms with Gasteiger partial charge in [0.25, 0.3) is 5.91 Å². The van der Waals surface area contributed by atoms with Gasteiger partial charge in [-0.2, -0.15) is 0 Å². The van der Waals surface area contributed by atoms with E-state index in [9.17, 15) is 9.59 Å². The third-order valence-corrected chi connectivity index (χ3v) is 4.67. The van der Waals surface area contributed by atoms with Gasteiger partial charge in [-0.3, -0.25) is 9.59 Å². The van der Waals surface area contributed by atoms with Crippen molar-refractivity contribution in [2.24, 2.45) is 0 Å². The fraction of sp³-hybridized carbons (Fsp3) is 0.300. The molecule has 0 bridgehead atoms. The second-order valence-corrected chi connectivity index (χ2v) is 6.69. The highest BCUT2D eigenvalue weighted by atomic mass is 35.5. The van der Waals surface area contributed by atoms with Crippen molar-refractivity contribution >= 4 is 40.7 Å². The molecule has 0 saturated carbocycles. The van der Waals surface area contributed by atoms with E-state index in [0.717, 1.165) is 5.56 Å². The molecule has 4 nitrogen and oxygen atoms in total. The standard InChI is InChI=1S/C20H22Cl2N2O2/c1-3-24(4-2)20(26)15-6-5-7-17(12-15)23-19(25)11-9-14-8-10-16(21)13-18(14)22/h5-8,10,12-13H,3-4,9,11H2,1-2H3,(H,23,25). The van der Waals surface area contributed by atoms with Crippen LogP contribution in [0.5, 0.6) is 0 Å². The lowest BCUT2D eigenvalue weighted by molar-refractivity contribution is -0.116. The van der Waals surface area contributed by atoms with Crippen LogP contribution in [0.25, 0.3) is 0 Å². The van der Waals surface area contributed by atoms with Gasteiger partial charge in [-0.15, -0.1) is 0 Å². The van der Waals surface area contributed by atoms with E-state index >= 15 is 0 Å². The minimum absolute atomic E-state index is 0.0426. The average molecular weight is 393 g/mol. The number of halogens is 2. The first-order valence-electron chi connectivity index (χ1n) is 8.57. The van der Waals surface area contributed by atoms with Crippen molar-refractivity contribution in [3.63, 3.8) is 0 Å². The van der Waals surface area contributed by atoms with Crippen molar-refractivity contribution < 1.29 is 9.59 Å². The van der Waals surface area contributed by atoms with Gasteiger partial charge < -0.3 is 10.2 Å². The largest absolute Gasteiger partial charge is 0.339 e. The molecule has 2 amide bonds. The zero-order valence-corrected chi connectivity index (χ0v) is 16.4. The van der Waals surface area contributed by atoms with Crippen LogP contribution in [0.2, 0.25) is 10.0 Å². The molecule has 0 radical (unpaired) electrons. The topological polar surface area (TPSA) is 49.4 Å². The minimum Gasteiger partial charge on any atom is -0.339 e. The molecule has 0 aliphatic rings. The molecule has 6 heteroatoms. The lowest BCUT2D eigenvalue weighted by atomic mass is 10.1. The maximum atomic E-state index is 12.4. The molecule has 0 fully saturated rings. The van der Waals surface area contributed by atoms with Crippen LogP contribution in [0.15, 0.2) is 42.5 Å². The van der Waals surface area contributed by atoms with Crippen LogP contribution in [0.3, 0.4) is 0 Å². The SMILES string of the molecule is CCN(CC)C(=O)c1cccc(NC(=O)CCc2ccc(Cl)cc2Cl)c1. The minimum atomic E-state index is -0.136. The predicted octanol–water partition coefficient (Wildman–Crippen LogP) is 5.05. The van der Waals surface area contributed by atoms with Gasteiger partial charge in [0.15, 0.2) is 0 Å². The number of aryl methyl sites for hydroxylation is 1. The summed E-state index contributed by atoms with van der Waals surface area (Å²) in [7, 11) is 0.